The van der Waals surface area contributed by atoms with Gasteiger partial charge in [0, 0.05) is 5.56 Å². The average Bonchev–Trinajstić information content (AvgIpc) is 2.53. The van der Waals surface area contributed by atoms with Crippen molar-refractivity contribution in [1.29, 1.82) is 0 Å². The first kappa shape index (κ1) is 15.1. The fraction of sp³-hybridized carbons (Fsp3) is 0.278. The molecule has 1 unspecified atom stereocenters. The molecule has 0 saturated carbocycles. The number of amides is 1. The quantitative estimate of drug-likeness (QED) is 0.904. The average molecular weight is 283 g/mol. The number of carbonyl (C=O) groups excluding carboxylic acids is 1. The van der Waals surface area contributed by atoms with E-state index in [2.05, 4.69) is 43.4 Å². The molecule has 3 nitrogen and oxygen atoms in total. The molecular weight excluding hydrogens is 262 g/mol. The molecule has 0 saturated heterocycles. The number of hydrogen-bond donors (Lipinski definition) is 1. The van der Waals surface area contributed by atoms with E-state index in [1.165, 1.54) is 5.56 Å². The van der Waals surface area contributed by atoms with E-state index in [9.17, 15) is 4.79 Å². The third-order valence-corrected chi connectivity index (χ3v) is 3.55. The van der Waals surface area contributed by atoms with E-state index in [4.69, 9.17) is 4.74 Å². The zero-order chi connectivity index (χ0) is 15.2. The van der Waals surface area contributed by atoms with Gasteiger partial charge < -0.3 is 10.1 Å². The van der Waals surface area contributed by atoms with Gasteiger partial charge in [0.15, 0.2) is 0 Å². The summed E-state index contributed by atoms with van der Waals surface area (Å²) in [5, 5.41) is 3.08. The molecule has 21 heavy (non-hydrogen) atoms. The van der Waals surface area contributed by atoms with Gasteiger partial charge in [0.25, 0.3) is 5.91 Å². The Morgan fingerprint density at radius 3 is 2.24 bits per heavy atom. The Kier molecular flexibility index (Phi) is 4.99. The molecule has 1 N–H and O–H groups in total. The second-order valence-electron chi connectivity index (χ2n) is 5.07. The van der Waals surface area contributed by atoms with Crippen LogP contribution >= 0.6 is 0 Å². The maximum absolute atomic E-state index is 12.3. The predicted molar refractivity (Wildman–Crippen MR) is 84.7 cm³/mol. The Balaban J connectivity index is 2.10. The van der Waals surface area contributed by atoms with Crippen LogP contribution in [-0.4, -0.2) is 13.0 Å². The SMILES string of the molecule is CCC(NC(=O)c1ccc(OC)cc1)c1ccc(C)cc1. The maximum Gasteiger partial charge on any atom is 0.251 e. The van der Waals surface area contributed by atoms with E-state index in [0.717, 1.165) is 17.7 Å². The number of carbonyl (C=O) groups is 1. The first-order chi connectivity index (χ1) is 10.1. The molecule has 0 aromatic heterocycles. The smallest absolute Gasteiger partial charge is 0.251 e. The van der Waals surface area contributed by atoms with Crippen molar-refractivity contribution in [3.8, 4) is 5.75 Å². The molecule has 0 aliphatic heterocycles. The van der Waals surface area contributed by atoms with Gasteiger partial charge in [0.2, 0.25) is 0 Å². The number of ether oxygens (including phenoxy) is 1. The zero-order valence-corrected chi connectivity index (χ0v) is 12.7. The van der Waals surface area contributed by atoms with Crippen molar-refractivity contribution in [3.63, 3.8) is 0 Å². The number of methoxy groups -OCH3 is 1. The van der Waals surface area contributed by atoms with Crippen LogP contribution in [0.4, 0.5) is 0 Å². The van der Waals surface area contributed by atoms with Crippen LogP contribution in [0.15, 0.2) is 48.5 Å². The van der Waals surface area contributed by atoms with Crippen LogP contribution in [0.1, 0.15) is 40.9 Å². The summed E-state index contributed by atoms with van der Waals surface area (Å²) in [7, 11) is 1.61. The van der Waals surface area contributed by atoms with Crippen molar-refractivity contribution in [2.45, 2.75) is 26.3 Å². The highest BCUT2D eigenvalue weighted by atomic mass is 16.5. The normalized spacial score (nSPS) is 11.8. The molecule has 1 atom stereocenters. The Hall–Kier alpha value is -2.29. The first-order valence-electron chi connectivity index (χ1n) is 7.15. The van der Waals surface area contributed by atoms with E-state index >= 15 is 0 Å². The lowest BCUT2D eigenvalue weighted by Crippen LogP contribution is -2.28. The summed E-state index contributed by atoms with van der Waals surface area (Å²) >= 11 is 0. The lowest BCUT2D eigenvalue weighted by Gasteiger charge is -2.18. The highest BCUT2D eigenvalue weighted by molar-refractivity contribution is 5.94. The molecule has 2 aromatic rings. The minimum Gasteiger partial charge on any atom is -0.497 e. The maximum atomic E-state index is 12.3. The fourth-order valence-electron chi connectivity index (χ4n) is 2.20. The van der Waals surface area contributed by atoms with Gasteiger partial charge in [-0.15, -0.1) is 0 Å². The lowest BCUT2D eigenvalue weighted by molar-refractivity contribution is 0.0935. The molecule has 0 bridgehead atoms. The molecule has 0 radical (unpaired) electrons. The molecule has 1 amide bonds. The number of nitrogens with one attached hydrogen (secondary N) is 1. The van der Waals surface area contributed by atoms with Gasteiger partial charge in [-0.3, -0.25) is 4.79 Å². The summed E-state index contributed by atoms with van der Waals surface area (Å²) in [6.07, 6.45) is 0.852. The second-order valence-corrected chi connectivity index (χ2v) is 5.07. The monoisotopic (exact) mass is 283 g/mol. The second kappa shape index (κ2) is 6.93. The van der Waals surface area contributed by atoms with Crippen molar-refractivity contribution in [2.24, 2.45) is 0 Å². The van der Waals surface area contributed by atoms with Crippen molar-refractivity contribution in [3.05, 3.63) is 65.2 Å². The third-order valence-electron chi connectivity index (χ3n) is 3.55. The highest BCUT2D eigenvalue weighted by Gasteiger charge is 2.14. The van der Waals surface area contributed by atoms with Gasteiger partial charge in [-0.05, 0) is 43.2 Å². The molecule has 0 aliphatic rings. The van der Waals surface area contributed by atoms with Crippen LogP contribution in [0.5, 0.6) is 5.75 Å². The van der Waals surface area contributed by atoms with Crippen LogP contribution in [0.3, 0.4) is 0 Å². The number of aryl methyl sites for hydroxylation is 1. The van der Waals surface area contributed by atoms with Gasteiger partial charge in [0.1, 0.15) is 5.75 Å². The molecule has 0 spiro atoms. The molecule has 2 aromatic carbocycles. The van der Waals surface area contributed by atoms with E-state index in [-0.39, 0.29) is 11.9 Å². The van der Waals surface area contributed by atoms with Crippen molar-refractivity contribution in [1.82, 2.24) is 5.32 Å². The van der Waals surface area contributed by atoms with Gasteiger partial charge >= 0.3 is 0 Å². The number of benzene rings is 2. The molecular formula is C18H21NO2. The predicted octanol–water partition coefficient (Wildman–Crippen LogP) is 3.88. The van der Waals surface area contributed by atoms with Gasteiger partial charge in [-0.2, -0.15) is 0 Å². The molecule has 2 rings (SSSR count). The van der Waals surface area contributed by atoms with Crippen molar-refractivity contribution >= 4 is 5.91 Å². The summed E-state index contributed by atoms with van der Waals surface area (Å²) < 4.78 is 5.10. The molecule has 3 heteroatoms. The van der Waals surface area contributed by atoms with Gasteiger partial charge in [0.05, 0.1) is 13.2 Å². The number of hydrogen-bond acceptors (Lipinski definition) is 2. The van der Waals surface area contributed by atoms with E-state index in [0.29, 0.717) is 5.56 Å². The number of rotatable bonds is 5. The summed E-state index contributed by atoms with van der Waals surface area (Å²) in [5.41, 5.74) is 2.99. The summed E-state index contributed by atoms with van der Waals surface area (Å²) in [4.78, 5) is 12.3. The highest BCUT2D eigenvalue weighted by Crippen LogP contribution is 2.18. The molecule has 0 heterocycles. The van der Waals surface area contributed by atoms with Crippen LogP contribution in [-0.2, 0) is 0 Å². The van der Waals surface area contributed by atoms with Crippen molar-refractivity contribution < 1.29 is 9.53 Å². The van der Waals surface area contributed by atoms with Gasteiger partial charge in [-0.1, -0.05) is 36.8 Å². The summed E-state index contributed by atoms with van der Waals surface area (Å²) in [6.45, 7) is 4.12. The topological polar surface area (TPSA) is 38.3 Å². The minimum atomic E-state index is -0.0647. The standard InChI is InChI=1S/C18H21NO2/c1-4-17(14-7-5-13(2)6-8-14)19-18(20)15-9-11-16(21-3)12-10-15/h5-12,17H,4H2,1-3H3,(H,19,20). The van der Waals surface area contributed by atoms with E-state index in [1.807, 2.05) is 0 Å². The summed E-state index contributed by atoms with van der Waals surface area (Å²) in [6, 6.07) is 15.4. The summed E-state index contributed by atoms with van der Waals surface area (Å²) in [5.74, 6) is 0.683. The third kappa shape index (κ3) is 3.85. The van der Waals surface area contributed by atoms with Crippen LogP contribution in [0.2, 0.25) is 0 Å². The molecule has 0 aliphatic carbocycles. The first-order valence-corrected chi connectivity index (χ1v) is 7.15. The Morgan fingerprint density at radius 1 is 1.10 bits per heavy atom. The van der Waals surface area contributed by atoms with Gasteiger partial charge in [-0.25, -0.2) is 0 Å². The van der Waals surface area contributed by atoms with E-state index in [1.54, 1.807) is 31.4 Å². The largest absolute Gasteiger partial charge is 0.497 e. The lowest BCUT2D eigenvalue weighted by atomic mass is 10.0. The van der Waals surface area contributed by atoms with Crippen molar-refractivity contribution in [2.75, 3.05) is 7.11 Å². The Labute approximate surface area is 126 Å². The Morgan fingerprint density at radius 2 is 1.71 bits per heavy atom. The molecule has 110 valence electrons. The van der Waals surface area contributed by atoms with Crippen LogP contribution in [0.25, 0.3) is 0 Å². The molecule has 0 fully saturated rings. The fourth-order valence-corrected chi connectivity index (χ4v) is 2.20. The van der Waals surface area contributed by atoms with E-state index < -0.39 is 0 Å². The van der Waals surface area contributed by atoms with Crippen LogP contribution < -0.4 is 10.1 Å². The van der Waals surface area contributed by atoms with Crippen LogP contribution in [0, 0.1) is 6.92 Å². The zero-order valence-electron chi connectivity index (χ0n) is 12.7. The minimum absolute atomic E-state index is 0.0280. The Bertz CT molecular complexity index is 588.